The van der Waals surface area contributed by atoms with Crippen LogP contribution in [0.4, 0.5) is 10.5 Å². The molecule has 0 aliphatic carbocycles. The molecule has 0 saturated carbocycles. The van der Waals surface area contributed by atoms with Crippen LogP contribution in [-0.4, -0.2) is 43.2 Å². The normalized spacial score (nSPS) is 10.0. The molecular weight excluding hydrogens is 350 g/mol. The Morgan fingerprint density at radius 1 is 1.16 bits per heavy atom. The molecule has 0 atom stereocenters. The highest BCUT2D eigenvalue weighted by Crippen LogP contribution is 2.30. The second-order valence-electron chi connectivity index (χ2n) is 5.28. The fraction of sp³-hybridized carbons (Fsp3) is 0.438. The molecule has 0 aliphatic heterocycles. The number of anilines is 1. The summed E-state index contributed by atoms with van der Waals surface area (Å²) in [5, 5.41) is 16.8. The summed E-state index contributed by atoms with van der Waals surface area (Å²) in [4.78, 5) is 33.8. The van der Waals surface area contributed by atoms with Crippen LogP contribution in [0.1, 0.15) is 24.8 Å². The molecule has 25 heavy (non-hydrogen) atoms. The average Bonchev–Trinajstić information content (AvgIpc) is 2.54. The van der Waals surface area contributed by atoms with Crippen molar-refractivity contribution in [1.82, 2.24) is 10.6 Å². The zero-order chi connectivity index (χ0) is 18.8. The standard InChI is InChI=1S/C16H22ClN3O5/c1-10-8-12(13(25-2)9-11(10)17)20-14(21)5-7-19-16(24)18-6-3-4-15(22)23/h8-9H,3-7H2,1-2H3,(H,20,21)(H,22,23)(H2,18,19,24). The summed E-state index contributed by atoms with van der Waals surface area (Å²) in [6.07, 6.45) is 0.414. The molecule has 0 aromatic heterocycles. The second kappa shape index (κ2) is 10.4. The van der Waals surface area contributed by atoms with E-state index in [1.54, 1.807) is 12.1 Å². The van der Waals surface area contributed by atoms with E-state index in [1.807, 2.05) is 6.92 Å². The topological polar surface area (TPSA) is 117 Å². The largest absolute Gasteiger partial charge is 0.495 e. The third-order valence-electron chi connectivity index (χ3n) is 3.25. The average molecular weight is 372 g/mol. The summed E-state index contributed by atoms with van der Waals surface area (Å²) in [7, 11) is 1.48. The van der Waals surface area contributed by atoms with E-state index in [4.69, 9.17) is 21.4 Å². The molecule has 0 heterocycles. The Balaban J connectivity index is 2.35. The first-order valence-corrected chi connectivity index (χ1v) is 8.08. The number of hydrogen-bond donors (Lipinski definition) is 4. The van der Waals surface area contributed by atoms with Gasteiger partial charge in [-0.15, -0.1) is 0 Å². The number of halogens is 1. The van der Waals surface area contributed by atoms with Crippen molar-refractivity contribution < 1.29 is 24.2 Å². The first-order chi connectivity index (χ1) is 11.8. The van der Waals surface area contributed by atoms with Crippen LogP contribution in [0, 0.1) is 6.92 Å². The molecule has 0 bridgehead atoms. The van der Waals surface area contributed by atoms with E-state index in [9.17, 15) is 14.4 Å². The smallest absolute Gasteiger partial charge is 0.314 e. The Labute approximate surface area is 150 Å². The molecule has 0 fully saturated rings. The third-order valence-corrected chi connectivity index (χ3v) is 3.65. The zero-order valence-electron chi connectivity index (χ0n) is 14.1. The lowest BCUT2D eigenvalue weighted by atomic mass is 10.2. The van der Waals surface area contributed by atoms with Crippen LogP contribution in [0.3, 0.4) is 0 Å². The van der Waals surface area contributed by atoms with Crippen molar-refractivity contribution >= 4 is 35.2 Å². The maximum atomic E-state index is 12.0. The van der Waals surface area contributed by atoms with Crippen molar-refractivity contribution in [2.75, 3.05) is 25.5 Å². The number of carboxylic acids is 1. The molecular formula is C16H22ClN3O5. The van der Waals surface area contributed by atoms with Gasteiger partial charge in [-0.05, 0) is 25.0 Å². The summed E-state index contributed by atoms with van der Waals surface area (Å²) < 4.78 is 5.18. The van der Waals surface area contributed by atoms with Crippen LogP contribution in [-0.2, 0) is 9.59 Å². The summed E-state index contributed by atoms with van der Waals surface area (Å²) in [6.45, 7) is 2.21. The van der Waals surface area contributed by atoms with E-state index in [1.165, 1.54) is 7.11 Å². The number of aryl methyl sites for hydroxylation is 1. The number of nitrogens with one attached hydrogen (secondary N) is 3. The van der Waals surface area contributed by atoms with Gasteiger partial charge in [-0.3, -0.25) is 9.59 Å². The Kier molecular flexibility index (Phi) is 8.55. The van der Waals surface area contributed by atoms with E-state index in [-0.39, 0.29) is 31.8 Å². The van der Waals surface area contributed by atoms with Gasteiger partial charge >= 0.3 is 12.0 Å². The highest BCUT2D eigenvalue weighted by atomic mass is 35.5. The molecule has 0 radical (unpaired) electrons. The van der Waals surface area contributed by atoms with Gasteiger partial charge in [0.2, 0.25) is 5.91 Å². The summed E-state index contributed by atoms with van der Waals surface area (Å²) >= 11 is 6.01. The van der Waals surface area contributed by atoms with Crippen molar-refractivity contribution in [3.8, 4) is 5.75 Å². The van der Waals surface area contributed by atoms with E-state index >= 15 is 0 Å². The van der Waals surface area contributed by atoms with Crippen LogP contribution in [0.25, 0.3) is 0 Å². The highest BCUT2D eigenvalue weighted by Gasteiger charge is 2.10. The Morgan fingerprint density at radius 2 is 1.84 bits per heavy atom. The molecule has 4 N–H and O–H groups in total. The highest BCUT2D eigenvalue weighted by molar-refractivity contribution is 6.31. The van der Waals surface area contributed by atoms with Crippen LogP contribution in [0.15, 0.2) is 12.1 Å². The minimum Gasteiger partial charge on any atom is -0.495 e. The Hall–Kier alpha value is -2.48. The lowest BCUT2D eigenvalue weighted by Crippen LogP contribution is -2.37. The first kappa shape index (κ1) is 20.6. The van der Waals surface area contributed by atoms with Gasteiger partial charge in [0, 0.05) is 37.0 Å². The van der Waals surface area contributed by atoms with E-state index in [0.717, 1.165) is 5.56 Å². The summed E-state index contributed by atoms with van der Waals surface area (Å²) in [6, 6.07) is 2.88. The van der Waals surface area contributed by atoms with Crippen molar-refractivity contribution in [1.29, 1.82) is 0 Å². The molecule has 1 aromatic rings. The lowest BCUT2D eigenvalue weighted by Gasteiger charge is -2.12. The maximum absolute atomic E-state index is 12.0. The van der Waals surface area contributed by atoms with Crippen LogP contribution in [0.2, 0.25) is 5.02 Å². The molecule has 3 amide bonds. The maximum Gasteiger partial charge on any atom is 0.314 e. The first-order valence-electron chi connectivity index (χ1n) is 7.71. The number of methoxy groups -OCH3 is 1. The lowest BCUT2D eigenvalue weighted by molar-refractivity contribution is -0.137. The van der Waals surface area contributed by atoms with Gasteiger partial charge in [0.25, 0.3) is 0 Å². The van der Waals surface area contributed by atoms with Gasteiger partial charge in [0.05, 0.1) is 12.8 Å². The number of hydrogen-bond acceptors (Lipinski definition) is 4. The number of aliphatic carboxylic acids is 1. The number of rotatable bonds is 9. The fourth-order valence-corrected chi connectivity index (χ4v) is 2.09. The molecule has 138 valence electrons. The number of ether oxygens (including phenoxy) is 1. The van der Waals surface area contributed by atoms with Crippen molar-refractivity contribution in [2.45, 2.75) is 26.2 Å². The SMILES string of the molecule is COc1cc(Cl)c(C)cc1NC(=O)CCNC(=O)NCCCC(=O)O. The molecule has 0 aliphatic rings. The molecule has 0 spiro atoms. The van der Waals surface area contributed by atoms with Crippen LogP contribution in [0.5, 0.6) is 5.75 Å². The van der Waals surface area contributed by atoms with Gasteiger partial charge in [0.1, 0.15) is 5.75 Å². The zero-order valence-corrected chi connectivity index (χ0v) is 14.9. The Bertz CT molecular complexity index is 636. The van der Waals surface area contributed by atoms with Crippen LogP contribution >= 0.6 is 11.6 Å². The number of carbonyl (C=O) groups excluding carboxylic acids is 2. The minimum atomic E-state index is -0.910. The predicted molar refractivity (Wildman–Crippen MR) is 94.3 cm³/mol. The quantitative estimate of drug-likeness (QED) is 0.496. The molecule has 1 aromatic carbocycles. The second-order valence-corrected chi connectivity index (χ2v) is 5.69. The van der Waals surface area contributed by atoms with Crippen molar-refractivity contribution in [2.24, 2.45) is 0 Å². The van der Waals surface area contributed by atoms with Gasteiger partial charge < -0.3 is 25.8 Å². The van der Waals surface area contributed by atoms with Gasteiger partial charge in [-0.25, -0.2) is 4.79 Å². The van der Waals surface area contributed by atoms with Crippen molar-refractivity contribution in [3.05, 3.63) is 22.7 Å². The predicted octanol–water partition coefficient (Wildman–Crippen LogP) is 2.15. The number of amides is 3. The van der Waals surface area contributed by atoms with E-state index in [2.05, 4.69) is 16.0 Å². The molecule has 0 saturated heterocycles. The minimum absolute atomic E-state index is 0.00890. The number of urea groups is 1. The summed E-state index contributed by atoms with van der Waals surface area (Å²) in [5.74, 6) is -0.744. The van der Waals surface area contributed by atoms with E-state index < -0.39 is 12.0 Å². The fourth-order valence-electron chi connectivity index (χ4n) is 1.94. The molecule has 9 heteroatoms. The van der Waals surface area contributed by atoms with Crippen LogP contribution < -0.4 is 20.7 Å². The van der Waals surface area contributed by atoms with Crippen molar-refractivity contribution in [3.63, 3.8) is 0 Å². The van der Waals surface area contributed by atoms with Gasteiger partial charge in [0.15, 0.2) is 0 Å². The molecule has 1 rings (SSSR count). The number of benzene rings is 1. The number of carboxylic acid groups (broad SMARTS) is 1. The van der Waals surface area contributed by atoms with E-state index in [0.29, 0.717) is 22.9 Å². The number of carbonyl (C=O) groups is 3. The molecule has 0 unspecified atom stereocenters. The molecule has 8 nitrogen and oxygen atoms in total. The van der Waals surface area contributed by atoms with Gasteiger partial charge in [-0.1, -0.05) is 11.6 Å². The third kappa shape index (κ3) is 7.75. The monoisotopic (exact) mass is 371 g/mol. The Morgan fingerprint density at radius 3 is 2.48 bits per heavy atom. The summed E-state index contributed by atoms with van der Waals surface area (Å²) in [5.41, 5.74) is 1.31. The van der Waals surface area contributed by atoms with Gasteiger partial charge in [-0.2, -0.15) is 0 Å².